The molecule has 0 amide bonds. The van der Waals surface area contributed by atoms with Crippen LogP contribution in [0.3, 0.4) is 0 Å². The molecule has 0 aliphatic rings. The van der Waals surface area contributed by atoms with Crippen LogP contribution in [0.2, 0.25) is 0 Å². The van der Waals surface area contributed by atoms with Crippen molar-refractivity contribution in [1.82, 2.24) is 4.98 Å². The van der Waals surface area contributed by atoms with Crippen LogP contribution >= 0.6 is 11.3 Å². The van der Waals surface area contributed by atoms with Gasteiger partial charge in [0.2, 0.25) is 0 Å². The summed E-state index contributed by atoms with van der Waals surface area (Å²) in [5, 5.41) is 12.0. The number of nitrogens with zero attached hydrogens (tertiary/aromatic N) is 1. The van der Waals surface area contributed by atoms with Crippen molar-refractivity contribution in [3.05, 3.63) is 52.0 Å². The van der Waals surface area contributed by atoms with E-state index in [1.54, 1.807) is 23.7 Å². The predicted molar refractivity (Wildman–Crippen MR) is 57.4 cm³/mol. The molecule has 0 aliphatic carbocycles. The number of rotatable bonds is 2. The second-order valence-electron chi connectivity index (χ2n) is 3.15. The SMILES string of the molecule is Cc1ccsc1C(O)c1ccncc1. The highest BCUT2D eigenvalue weighted by Gasteiger charge is 2.13. The Morgan fingerprint density at radius 2 is 2.00 bits per heavy atom. The molecule has 2 aromatic heterocycles. The molecule has 2 heterocycles. The summed E-state index contributed by atoms with van der Waals surface area (Å²) < 4.78 is 0. The Hall–Kier alpha value is -1.19. The predicted octanol–water partition coefficient (Wildman–Crippen LogP) is 2.53. The smallest absolute Gasteiger partial charge is 0.114 e. The van der Waals surface area contributed by atoms with Gasteiger partial charge in [-0.25, -0.2) is 0 Å². The van der Waals surface area contributed by atoms with Gasteiger partial charge in [-0.1, -0.05) is 0 Å². The Labute approximate surface area is 86.9 Å². The summed E-state index contributed by atoms with van der Waals surface area (Å²) in [6.07, 6.45) is 2.88. The van der Waals surface area contributed by atoms with Crippen LogP contribution in [0.25, 0.3) is 0 Å². The van der Waals surface area contributed by atoms with Crippen molar-refractivity contribution in [2.24, 2.45) is 0 Å². The van der Waals surface area contributed by atoms with Gasteiger partial charge in [-0.2, -0.15) is 0 Å². The molecule has 0 spiro atoms. The molecule has 0 fully saturated rings. The van der Waals surface area contributed by atoms with Gasteiger partial charge in [0.1, 0.15) is 6.10 Å². The van der Waals surface area contributed by atoms with Crippen LogP contribution in [0.15, 0.2) is 36.0 Å². The van der Waals surface area contributed by atoms with Crippen molar-refractivity contribution in [2.75, 3.05) is 0 Å². The third-order valence-corrected chi connectivity index (χ3v) is 3.24. The molecule has 72 valence electrons. The zero-order valence-electron chi connectivity index (χ0n) is 7.84. The van der Waals surface area contributed by atoms with Crippen LogP contribution < -0.4 is 0 Å². The van der Waals surface area contributed by atoms with E-state index in [1.165, 1.54) is 0 Å². The number of aryl methyl sites for hydroxylation is 1. The van der Waals surface area contributed by atoms with Crippen molar-refractivity contribution >= 4 is 11.3 Å². The van der Waals surface area contributed by atoms with Crippen molar-refractivity contribution in [3.63, 3.8) is 0 Å². The molecule has 2 rings (SSSR count). The first kappa shape index (κ1) is 9.37. The van der Waals surface area contributed by atoms with Gasteiger partial charge in [-0.05, 0) is 41.6 Å². The minimum absolute atomic E-state index is 0.516. The van der Waals surface area contributed by atoms with E-state index >= 15 is 0 Å². The average Bonchev–Trinajstić information content (AvgIpc) is 2.65. The lowest BCUT2D eigenvalue weighted by Gasteiger charge is -2.09. The van der Waals surface area contributed by atoms with E-state index in [-0.39, 0.29) is 0 Å². The maximum absolute atomic E-state index is 10.0. The highest BCUT2D eigenvalue weighted by Crippen LogP contribution is 2.28. The van der Waals surface area contributed by atoms with Crippen molar-refractivity contribution in [1.29, 1.82) is 0 Å². The molecule has 0 bridgehead atoms. The number of pyridine rings is 1. The molecule has 1 unspecified atom stereocenters. The van der Waals surface area contributed by atoms with E-state index in [2.05, 4.69) is 4.98 Å². The highest BCUT2D eigenvalue weighted by atomic mass is 32.1. The Morgan fingerprint density at radius 3 is 2.57 bits per heavy atom. The van der Waals surface area contributed by atoms with Crippen molar-refractivity contribution in [2.45, 2.75) is 13.0 Å². The van der Waals surface area contributed by atoms with Gasteiger partial charge >= 0.3 is 0 Å². The number of thiophene rings is 1. The summed E-state index contributed by atoms with van der Waals surface area (Å²) in [7, 11) is 0. The fourth-order valence-corrected chi connectivity index (χ4v) is 2.30. The van der Waals surface area contributed by atoms with Crippen LogP contribution in [0.1, 0.15) is 22.1 Å². The molecule has 3 heteroatoms. The lowest BCUT2D eigenvalue weighted by Crippen LogP contribution is -1.98. The lowest BCUT2D eigenvalue weighted by molar-refractivity contribution is 0.223. The molecule has 0 aromatic carbocycles. The Bertz CT molecular complexity index is 410. The maximum atomic E-state index is 10.0. The minimum Gasteiger partial charge on any atom is -0.383 e. The standard InChI is InChI=1S/C11H11NOS/c1-8-4-7-14-11(8)10(13)9-2-5-12-6-3-9/h2-7,10,13H,1H3. The topological polar surface area (TPSA) is 33.1 Å². The number of hydrogen-bond donors (Lipinski definition) is 1. The zero-order valence-corrected chi connectivity index (χ0v) is 8.66. The van der Waals surface area contributed by atoms with Gasteiger partial charge in [0.05, 0.1) is 0 Å². The van der Waals surface area contributed by atoms with Gasteiger partial charge in [-0.3, -0.25) is 4.98 Å². The molecule has 2 nitrogen and oxygen atoms in total. The molecule has 14 heavy (non-hydrogen) atoms. The van der Waals surface area contributed by atoms with Crippen molar-refractivity contribution in [3.8, 4) is 0 Å². The Kier molecular flexibility index (Phi) is 2.61. The van der Waals surface area contributed by atoms with E-state index in [4.69, 9.17) is 0 Å². The van der Waals surface area contributed by atoms with Gasteiger partial charge in [0.25, 0.3) is 0 Å². The molecule has 2 aromatic rings. The van der Waals surface area contributed by atoms with Crippen LogP contribution in [0.5, 0.6) is 0 Å². The first-order valence-corrected chi connectivity index (χ1v) is 5.29. The fraction of sp³-hybridized carbons (Fsp3) is 0.182. The molecular formula is C11H11NOS. The number of aromatic nitrogens is 1. The van der Waals surface area contributed by atoms with Crippen molar-refractivity contribution < 1.29 is 5.11 Å². The monoisotopic (exact) mass is 205 g/mol. The zero-order chi connectivity index (χ0) is 9.97. The largest absolute Gasteiger partial charge is 0.383 e. The number of hydrogen-bond acceptors (Lipinski definition) is 3. The van der Waals surface area contributed by atoms with Gasteiger partial charge < -0.3 is 5.11 Å². The summed E-state index contributed by atoms with van der Waals surface area (Å²) in [4.78, 5) is 4.93. The van der Waals surface area contributed by atoms with E-state index in [1.807, 2.05) is 30.5 Å². The molecule has 0 radical (unpaired) electrons. The highest BCUT2D eigenvalue weighted by molar-refractivity contribution is 7.10. The normalized spacial score (nSPS) is 12.7. The number of aliphatic hydroxyl groups is 1. The quantitative estimate of drug-likeness (QED) is 0.817. The minimum atomic E-state index is -0.516. The molecule has 0 saturated carbocycles. The fourth-order valence-electron chi connectivity index (χ4n) is 1.36. The summed E-state index contributed by atoms with van der Waals surface area (Å²) >= 11 is 1.58. The third kappa shape index (κ3) is 1.69. The molecule has 0 saturated heterocycles. The number of aliphatic hydroxyl groups excluding tert-OH is 1. The van der Waals surface area contributed by atoms with E-state index < -0.39 is 6.10 Å². The van der Waals surface area contributed by atoms with Gasteiger partial charge in [-0.15, -0.1) is 11.3 Å². The Morgan fingerprint density at radius 1 is 1.29 bits per heavy atom. The van der Waals surface area contributed by atoms with Gasteiger partial charge in [0.15, 0.2) is 0 Å². The second-order valence-corrected chi connectivity index (χ2v) is 4.10. The van der Waals surface area contributed by atoms with Gasteiger partial charge in [0, 0.05) is 17.3 Å². The molecule has 1 atom stereocenters. The second kappa shape index (κ2) is 3.90. The van der Waals surface area contributed by atoms with E-state index in [0.717, 1.165) is 16.0 Å². The van der Waals surface area contributed by atoms with Crippen LogP contribution in [0.4, 0.5) is 0 Å². The van der Waals surface area contributed by atoms with E-state index in [0.29, 0.717) is 0 Å². The summed E-state index contributed by atoms with van der Waals surface area (Å²) in [6.45, 7) is 2.01. The summed E-state index contributed by atoms with van der Waals surface area (Å²) in [5.74, 6) is 0. The lowest BCUT2D eigenvalue weighted by atomic mass is 10.1. The Balaban J connectivity index is 2.34. The summed E-state index contributed by atoms with van der Waals surface area (Å²) in [6, 6.07) is 5.69. The van der Waals surface area contributed by atoms with E-state index in [9.17, 15) is 5.11 Å². The average molecular weight is 205 g/mol. The van der Waals surface area contributed by atoms with Crippen LogP contribution in [-0.4, -0.2) is 10.1 Å². The first-order chi connectivity index (χ1) is 6.79. The maximum Gasteiger partial charge on any atom is 0.114 e. The van der Waals surface area contributed by atoms with Crippen LogP contribution in [0, 0.1) is 6.92 Å². The molecule has 0 aliphatic heterocycles. The first-order valence-electron chi connectivity index (χ1n) is 4.41. The van der Waals surface area contributed by atoms with Crippen LogP contribution in [-0.2, 0) is 0 Å². The molecule has 1 N–H and O–H groups in total. The summed E-state index contributed by atoms with van der Waals surface area (Å²) in [5.41, 5.74) is 2.03. The molecular weight excluding hydrogens is 194 g/mol. The third-order valence-electron chi connectivity index (χ3n) is 2.17.